The van der Waals surface area contributed by atoms with Gasteiger partial charge in [-0.3, -0.25) is 4.79 Å². The second-order valence-electron chi connectivity index (χ2n) is 5.98. The highest BCUT2D eigenvalue weighted by Gasteiger charge is 2.25. The Balaban J connectivity index is 1.68. The van der Waals surface area contributed by atoms with Crippen LogP contribution in [0, 0.1) is 11.6 Å². The molecule has 0 aliphatic carbocycles. The van der Waals surface area contributed by atoms with Crippen LogP contribution in [0.2, 0.25) is 0 Å². The molecule has 6 heteroatoms. The van der Waals surface area contributed by atoms with Gasteiger partial charge in [0.05, 0.1) is 11.3 Å². The van der Waals surface area contributed by atoms with Gasteiger partial charge in [0, 0.05) is 24.5 Å². The zero-order valence-corrected chi connectivity index (χ0v) is 13.7. The molecule has 2 heterocycles. The first-order chi connectivity index (χ1) is 12.6. The molecule has 1 N–H and O–H groups in total. The zero-order valence-electron chi connectivity index (χ0n) is 13.7. The standard InChI is InChI=1S/C20H15F2N3O/c21-14-7-8-16(22)17(12-14)24-20(26)15-5-3-10-23-19(15)25-11-9-13-4-1-2-6-18(13)25/h1-8,10,12H,9,11H2,(H,24,26). The number of hydrogen-bond acceptors (Lipinski definition) is 3. The van der Waals surface area contributed by atoms with E-state index in [4.69, 9.17) is 0 Å². The zero-order chi connectivity index (χ0) is 18.1. The number of nitrogens with one attached hydrogen (secondary N) is 1. The number of anilines is 3. The summed E-state index contributed by atoms with van der Waals surface area (Å²) in [4.78, 5) is 19.0. The van der Waals surface area contributed by atoms with E-state index < -0.39 is 17.5 Å². The van der Waals surface area contributed by atoms with Crippen molar-refractivity contribution in [2.24, 2.45) is 0 Å². The summed E-state index contributed by atoms with van der Waals surface area (Å²) >= 11 is 0. The lowest BCUT2D eigenvalue weighted by Gasteiger charge is -2.21. The smallest absolute Gasteiger partial charge is 0.259 e. The highest BCUT2D eigenvalue weighted by molar-refractivity contribution is 6.08. The maximum atomic E-state index is 13.8. The second kappa shape index (κ2) is 6.55. The first-order valence-corrected chi connectivity index (χ1v) is 8.20. The molecule has 1 aliphatic rings. The van der Waals surface area contributed by atoms with E-state index in [0.29, 0.717) is 17.9 Å². The average Bonchev–Trinajstić information content (AvgIpc) is 3.08. The lowest BCUT2D eigenvalue weighted by atomic mass is 10.1. The number of carbonyl (C=O) groups is 1. The predicted molar refractivity (Wildman–Crippen MR) is 95.7 cm³/mol. The van der Waals surface area contributed by atoms with Gasteiger partial charge >= 0.3 is 0 Å². The molecule has 130 valence electrons. The molecule has 4 nitrogen and oxygen atoms in total. The van der Waals surface area contributed by atoms with Gasteiger partial charge in [0.15, 0.2) is 0 Å². The van der Waals surface area contributed by atoms with Crippen molar-refractivity contribution in [3.8, 4) is 0 Å². The van der Waals surface area contributed by atoms with Gasteiger partial charge in [-0.05, 0) is 42.3 Å². The minimum absolute atomic E-state index is 0.202. The molecule has 3 aromatic rings. The number of aromatic nitrogens is 1. The summed E-state index contributed by atoms with van der Waals surface area (Å²) in [7, 11) is 0. The minimum Gasteiger partial charge on any atom is -0.325 e. The van der Waals surface area contributed by atoms with Crippen LogP contribution >= 0.6 is 0 Å². The van der Waals surface area contributed by atoms with Gasteiger partial charge in [0.25, 0.3) is 5.91 Å². The molecule has 2 aromatic carbocycles. The fraction of sp³-hybridized carbons (Fsp3) is 0.100. The van der Waals surface area contributed by atoms with E-state index in [0.717, 1.165) is 30.3 Å². The molecule has 0 saturated carbocycles. The van der Waals surface area contributed by atoms with E-state index in [1.807, 2.05) is 29.2 Å². The fourth-order valence-electron chi connectivity index (χ4n) is 3.13. The molecule has 0 saturated heterocycles. The third kappa shape index (κ3) is 2.90. The summed E-state index contributed by atoms with van der Waals surface area (Å²) in [6.07, 6.45) is 2.46. The van der Waals surface area contributed by atoms with Crippen LogP contribution in [0.3, 0.4) is 0 Å². The molecule has 0 spiro atoms. The Morgan fingerprint density at radius 1 is 1.08 bits per heavy atom. The van der Waals surface area contributed by atoms with Crippen LogP contribution in [0.25, 0.3) is 0 Å². The van der Waals surface area contributed by atoms with Crippen LogP contribution in [0.1, 0.15) is 15.9 Å². The van der Waals surface area contributed by atoms with E-state index in [9.17, 15) is 13.6 Å². The molecule has 0 unspecified atom stereocenters. The van der Waals surface area contributed by atoms with Crippen LogP contribution in [0.4, 0.5) is 26.0 Å². The molecule has 1 aromatic heterocycles. The Morgan fingerprint density at radius 3 is 2.81 bits per heavy atom. The summed E-state index contributed by atoms with van der Waals surface area (Å²) in [5.41, 5.74) is 2.28. The molecule has 26 heavy (non-hydrogen) atoms. The van der Waals surface area contributed by atoms with Gasteiger partial charge in [0.2, 0.25) is 0 Å². The normalized spacial score (nSPS) is 12.8. The number of halogens is 2. The van der Waals surface area contributed by atoms with Crippen molar-refractivity contribution >= 4 is 23.1 Å². The van der Waals surface area contributed by atoms with Gasteiger partial charge in [-0.1, -0.05) is 18.2 Å². The van der Waals surface area contributed by atoms with Crippen molar-refractivity contribution in [2.75, 3.05) is 16.8 Å². The molecule has 0 fully saturated rings. The van der Waals surface area contributed by atoms with Crippen molar-refractivity contribution in [1.82, 2.24) is 4.98 Å². The summed E-state index contributed by atoms with van der Waals surface area (Å²) in [5, 5.41) is 2.43. The number of benzene rings is 2. The van der Waals surface area contributed by atoms with Crippen LogP contribution in [-0.4, -0.2) is 17.4 Å². The summed E-state index contributed by atoms with van der Waals surface area (Å²) in [6, 6.07) is 14.1. The molecule has 1 aliphatic heterocycles. The molecular formula is C20H15F2N3O. The molecule has 0 radical (unpaired) electrons. The van der Waals surface area contributed by atoms with Gasteiger partial charge in [-0.25, -0.2) is 13.8 Å². The van der Waals surface area contributed by atoms with E-state index in [2.05, 4.69) is 10.3 Å². The fourth-order valence-corrected chi connectivity index (χ4v) is 3.13. The summed E-state index contributed by atoms with van der Waals surface area (Å²) < 4.78 is 27.2. The SMILES string of the molecule is O=C(Nc1cc(F)ccc1F)c1cccnc1N1CCc2ccccc21. The van der Waals surface area contributed by atoms with Crippen molar-refractivity contribution in [2.45, 2.75) is 6.42 Å². The molecule has 0 atom stereocenters. The van der Waals surface area contributed by atoms with Crippen LogP contribution in [0.5, 0.6) is 0 Å². The minimum atomic E-state index is -0.697. The van der Waals surface area contributed by atoms with Crippen molar-refractivity contribution in [3.63, 3.8) is 0 Å². The Labute approximate surface area is 149 Å². The predicted octanol–water partition coefficient (Wildman–Crippen LogP) is 4.31. The highest BCUT2D eigenvalue weighted by Crippen LogP contribution is 2.35. The first kappa shape index (κ1) is 16.2. The quantitative estimate of drug-likeness (QED) is 0.765. The van der Waals surface area contributed by atoms with E-state index >= 15 is 0 Å². The number of para-hydroxylation sites is 1. The van der Waals surface area contributed by atoms with Crippen molar-refractivity contribution in [3.05, 3.63) is 83.6 Å². The number of carbonyl (C=O) groups excluding carboxylic acids is 1. The van der Waals surface area contributed by atoms with E-state index in [-0.39, 0.29) is 5.69 Å². The maximum absolute atomic E-state index is 13.8. The van der Waals surface area contributed by atoms with Crippen LogP contribution in [0.15, 0.2) is 60.8 Å². The summed E-state index contributed by atoms with van der Waals surface area (Å²) in [5.74, 6) is -1.37. The van der Waals surface area contributed by atoms with Gasteiger partial charge in [-0.2, -0.15) is 0 Å². The Morgan fingerprint density at radius 2 is 1.92 bits per heavy atom. The number of amides is 1. The van der Waals surface area contributed by atoms with E-state index in [1.54, 1.807) is 18.3 Å². The van der Waals surface area contributed by atoms with Crippen molar-refractivity contribution in [1.29, 1.82) is 0 Å². The molecule has 0 bridgehead atoms. The lowest BCUT2D eigenvalue weighted by molar-refractivity contribution is 0.102. The largest absolute Gasteiger partial charge is 0.325 e. The van der Waals surface area contributed by atoms with E-state index in [1.165, 1.54) is 5.56 Å². The lowest BCUT2D eigenvalue weighted by Crippen LogP contribution is -2.21. The molecular weight excluding hydrogens is 336 g/mol. The molecule has 4 rings (SSSR count). The molecule has 1 amide bonds. The number of hydrogen-bond donors (Lipinski definition) is 1. The van der Waals surface area contributed by atoms with Crippen LogP contribution in [-0.2, 0) is 6.42 Å². The number of pyridine rings is 1. The maximum Gasteiger partial charge on any atom is 0.259 e. The van der Waals surface area contributed by atoms with Crippen LogP contribution < -0.4 is 10.2 Å². The third-order valence-corrected chi connectivity index (χ3v) is 4.35. The number of nitrogens with zero attached hydrogens (tertiary/aromatic N) is 2. The topological polar surface area (TPSA) is 45.2 Å². The Hall–Kier alpha value is -3.28. The van der Waals surface area contributed by atoms with Gasteiger partial charge < -0.3 is 10.2 Å². The Kier molecular flexibility index (Phi) is 4.08. The Bertz CT molecular complexity index is 990. The van der Waals surface area contributed by atoms with Gasteiger partial charge in [-0.15, -0.1) is 0 Å². The average molecular weight is 351 g/mol. The summed E-state index contributed by atoms with van der Waals surface area (Å²) in [6.45, 7) is 0.699. The number of rotatable bonds is 3. The highest BCUT2D eigenvalue weighted by atomic mass is 19.1. The third-order valence-electron chi connectivity index (χ3n) is 4.35. The second-order valence-corrected chi connectivity index (χ2v) is 5.98. The number of fused-ring (bicyclic) bond motifs is 1. The first-order valence-electron chi connectivity index (χ1n) is 8.20. The monoisotopic (exact) mass is 351 g/mol. The van der Waals surface area contributed by atoms with Gasteiger partial charge in [0.1, 0.15) is 17.5 Å². The van der Waals surface area contributed by atoms with Crippen molar-refractivity contribution < 1.29 is 13.6 Å².